The first-order chi connectivity index (χ1) is 12.7. The summed E-state index contributed by atoms with van der Waals surface area (Å²) in [6.45, 7) is 0. The third kappa shape index (κ3) is 3.68. The van der Waals surface area contributed by atoms with Gasteiger partial charge in [0.05, 0.1) is 16.1 Å². The first-order valence-corrected chi connectivity index (χ1v) is 7.67. The lowest BCUT2D eigenvalue weighted by Gasteiger charge is -2.08. The maximum absolute atomic E-state index is 12.8. The van der Waals surface area contributed by atoms with Crippen LogP contribution in [0.25, 0.3) is 11.3 Å². The normalized spacial score (nSPS) is 11.4. The van der Waals surface area contributed by atoms with Gasteiger partial charge in [-0.15, -0.1) is 0 Å². The third-order valence-electron chi connectivity index (χ3n) is 3.70. The first-order valence-electron chi connectivity index (χ1n) is 7.29. The SMILES string of the molecule is O=C(c1ccc(C(F)(F)F)cc1[N+](=O)[O-])c1conc1-c1ccc(Cl)cc1. The van der Waals surface area contributed by atoms with E-state index in [9.17, 15) is 28.1 Å². The molecule has 27 heavy (non-hydrogen) atoms. The van der Waals surface area contributed by atoms with Crippen LogP contribution < -0.4 is 0 Å². The molecule has 0 aliphatic heterocycles. The molecular formula is C17H8ClF3N2O4. The lowest BCUT2D eigenvalue weighted by atomic mass is 9.98. The molecule has 0 bridgehead atoms. The van der Waals surface area contributed by atoms with E-state index in [1.165, 1.54) is 0 Å². The summed E-state index contributed by atoms with van der Waals surface area (Å²) in [7, 11) is 0. The highest BCUT2D eigenvalue weighted by Crippen LogP contribution is 2.34. The van der Waals surface area contributed by atoms with E-state index in [4.69, 9.17) is 16.1 Å². The zero-order chi connectivity index (χ0) is 19.8. The molecule has 1 heterocycles. The van der Waals surface area contributed by atoms with E-state index in [-0.39, 0.29) is 11.3 Å². The Morgan fingerprint density at radius 1 is 1.11 bits per heavy atom. The molecule has 10 heteroatoms. The molecule has 0 aliphatic rings. The zero-order valence-corrected chi connectivity index (χ0v) is 13.9. The summed E-state index contributed by atoms with van der Waals surface area (Å²) in [6, 6.07) is 7.89. The van der Waals surface area contributed by atoms with E-state index >= 15 is 0 Å². The largest absolute Gasteiger partial charge is 0.416 e. The van der Waals surface area contributed by atoms with Crippen molar-refractivity contribution in [1.82, 2.24) is 5.16 Å². The number of ketones is 1. The van der Waals surface area contributed by atoms with E-state index in [1.54, 1.807) is 24.3 Å². The Kier molecular flexibility index (Phi) is 4.71. The minimum atomic E-state index is -4.78. The number of carbonyl (C=O) groups is 1. The molecule has 138 valence electrons. The van der Waals surface area contributed by atoms with Crippen molar-refractivity contribution in [2.45, 2.75) is 6.18 Å². The standard InChI is InChI=1S/C17H8ClF3N2O4/c18-11-4-1-9(2-5-11)15-13(8-27-22-15)16(24)12-6-3-10(17(19,20)21)7-14(12)23(25)26/h1-8H. The van der Waals surface area contributed by atoms with Crippen LogP contribution in [-0.4, -0.2) is 15.9 Å². The smallest absolute Gasteiger partial charge is 0.363 e. The summed E-state index contributed by atoms with van der Waals surface area (Å²) in [5.74, 6) is -0.887. The lowest BCUT2D eigenvalue weighted by Crippen LogP contribution is -2.10. The van der Waals surface area contributed by atoms with Crippen molar-refractivity contribution >= 4 is 23.1 Å². The second-order valence-electron chi connectivity index (χ2n) is 5.40. The number of nitro benzene ring substituents is 1. The average Bonchev–Trinajstić information content (AvgIpc) is 3.10. The zero-order valence-electron chi connectivity index (χ0n) is 13.2. The van der Waals surface area contributed by atoms with Gasteiger partial charge in [-0.3, -0.25) is 14.9 Å². The van der Waals surface area contributed by atoms with Crippen LogP contribution in [0.5, 0.6) is 0 Å². The number of nitrogens with zero attached hydrogens (tertiary/aromatic N) is 2. The van der Waals surface area contributed by atoms with Gasteiger partial charge < -0.3 is 4.52 Å². The quantitative estimate of drug-likeness (QED) is 0.345. The Morgan fingerprint density at radius 2 is 1.78 bits per heavy atom. The second kappa shape index (κ2) is 6.84. The number of aromatic nitrogens is 1. The maximum Gasteiger partial charge on any atom is 0.416 e. The van der Waals surface area contributed by atoms with E-state index < -0.39 is 33.7 Å². The van der Waals surface area contributed by atoms with Gasteiger partial charge in [0.25, 0.3) is 5.69 Å². The first kappa shape index (κ1) is 18.6. The van der Waals surface area contributed by atoms with Crippen LogP contribution in [0.1, 0.15) is 21.5 Å². The number of benzene rings is 2. The topological polar surface area (TPSA) is 86.2 Å². The number of rotatable bonds is 4. The number of hydrogen-bond acceptors (Lipinski definition) is 5. The van der Waals surface area contributed by atoms with E-state index in [0.29, 0.717) is 22.7 Å². The molecule has 0 spiro atoms. The summed E-state index contributed by atoms with van der Waals surface area (Å²) in [4.78, 5) is 22.9. The predicted molar refractivity (Wildman–Crippen MR) is 88.5 cm³/mol. The number of carbonyl (C=O) groups excluding carboxylic acids is 1. The Hall–Kier alpha value is -3.20. The molecule has 0 radical (unpaired) electrons. The van der Waals surface area contributed by atoms with Gasteiger partial charge in [0.15, 0.2) is 0 Å². The van der Waals surface area contributed by atoms with Crippen LogP contribution in [0, 0.1) is 10.1 Å². The van der Waals surface area contributed by atoms with Gasteiger partial charge in [0, 0.05) is 16.7 Å². The Labute approximate surface area is 154 Å². The van der Waals surface area contributed by atoms with Gasteiger partial charge in [0.1, 0.15) is 17.5 Å². The number of alkyl halides is 3. The van der Waals surface area contributed by atoms with Gasteiger partial charge in [-0.1, -0.05) is 28.9 Å². The van der Waals surface area contributed by atoms with Crippen LogP contribution in [0.15, 0.2) is 53.3 Å². The van der Waals surface area contributed by atoms with Gasteiger partial charge in [-0.25, -0.2) is 0 Å². The monoisotopic (exact) mass is 396 g/mol. The molecule has 1 aromatic heterocycles. The van der Waals surface area contributed by atoms with Crippen LogP contribution in [0.4, 0.5) is 18.9 Å². The van der Waals surface area contributed by atoms with Crippen molar-refractivity contribution in [1.29, 1.82) is 0 Å². The predicted octanol–water partition coefficient (Wildman–Crippen LogP) is 5.15. The van der Waals surface area contributed by atoms with E-state index in [0.717, 1.165) is 12.3 Å². The van der Waals surface area contributed by atoms with E-state index in [1.807, 2.05) is 0 Å². The van der Waals surface area contributed by atoms with Gasteiger partial charge >= 0.3 is 6.18 Å². The fourth-order valence-electron chi connectivity index (χ4n) is 2.41. The van der Waals surface area contributed by atoms with Crippen molar-refractivity contribution in [2.24, 2.45) is 0 Å². The van der Waals surface area contributed by atoms with Gasteiger partial charge in [-0.05, 0) is 24.3 Å². The minimum Gasteiger partial charge on any atom is -0.363 e. The summed E-state index contributed by atoms with van der Waals surface area (Å²) in [5, 5.41) is 15.3. The molecule has 0 aliphatic carbocycles. The molecule has 0 atom stereocenters. The van der Waals surface area contributed by atoms with Crippen molar-refractivity contribution < 1.29 is 27.4 Å². The molecule has 3 aromatic rings. The number of nitro groups is 1. The third-order valence-corrected chi connectivity index (χ3v) is 3.95. The Balaban J connectivity index is 2.09. The van der Waals surface area contributed by atoms with Gasteiger partial charge in [-0.2, -0.15) is 13.2 Å². The fraction of sp³-hybridized carbons (Fsp3) is 0.0588. The highest BCUT2D eigenvalue weighted by molar-refractivity contribution is 6.30. The molecule has 0 fully saturated rings. The van der Waals surface area contributed by atoms with Crippen molar-refractivity contribution in [3.63, 3.8) is 0 Å². The van der Waals surface area contributed by atoms with Crippen LogP contribution in [-0.2, 0) is 6.18 Å². The Bertz CT molecular complexity index is 1030. The number of halogens is 4. The molecule has 0 N–H and O–H groups in total. The highest BCUT2D eigenvalue weighted by atomic mass is 35.5. The second-order valence-corrected chi connectivity index (χ2v) is 5.84. The van der Waals surface area contributed by atoms with Crippen LogP contribution in [0.2, 0.25) is 5.02 Å². The fourth-order valence-corrected chi connectivity index (χ4v) is 2.54. The molecular weight excluding hydrogens is 389 g/mol. The average molecular weight is 397 g/mol. The van der Waals surface area contributed by atoms with E-state index in [2.05, 4.69) is 5.16 Å². The van der Waals surface area contributed by atoms with Crippen LogP contribution >= 0.6 is 11.6 Å². The van der Waals surface area contributed by atoms with Crippen molar-refractivity contribution in [2.75, 3.05) is 0 Å². The van der Waals surface area contributed by atoms with Crippen molar-refractivity contribution in [3.05, 3.63) is 80.6 Å². The summed E-state index contributed by atoms with van der Waals surface area (Å²) in [5.41, 5.74) is -2.28. The molecule has 3 rings (SSSR count). The molecule has 2 aromatic carbocycles. The summed E-state index contributed by atoms with van der Waals surface area (Å²) >= 11 is 5.80. The molecule has 6 nitrogen and oxygen atoms in total. The van der Waals surface area contributed by atoms with Gasteiger partial charge in [0.2, 0.25) is 5.78 Å². The summed E-state index contributed by atoms with van der Waals surface area (Å²) in [6.07, 6.45) is -3.80. The number of hydrogen-bond donors (Lipinski definition) is 0. The molecule has 0 amide bonds. The molecule has 0 unspecified atom stereocenters. The maximum atomic E-state index is 12.8. The Morgan fingerprint density at radius 3 is 2.37 bits per heavy atom. The lowest BCUT2D eigenvalue weighted by molar-refractivity contribution is -0.385. The molecule has 0 saturated carbocycles. The minimum absolute atomic E-state index is 0.0888. The van der Waals surface area contributed by atoms with Crippen LogP contribution in [0.3, 0.4) is 0 Å². The highest BCUT2D eigenvalue weighted by Gasteiger charge is 2.34. The van der Waals surface area contributed by atoms with Crippen molar-refractivity contribution in [3.8, 4) is 11.3 Å². The summed E-state index contributed by atoms with van der Waals surface area (Å²) < 4.78 is 43.2. The molecule has 0 saturated heterocycles.